The molecule has 1 aliphatic rings. The molecule has 0 bridgehead atoms. The van der Waals surface area contributed by atoms with Gasteiger partial charge >= 0.3 is 5.97 Å². The second kappa shape index (κ2) is 11.1. The molecule has 0 radical (unpaired) electrons. The van der Waals surface area contributed by atoms with E-state index in [2.05, 4.69) is 27.6 Å². The molecule has 0 aliphatic carbocycles. The third kappa shape index (κ3) is 4.81. The highest BCUT2D eigenvalue weighted by Gasteiger charge is 2.33. The maximum atomic E-state index is 13.8. The van der Waals surface area contributed by atoms with Crippen LogP contribution in [0, 0.1) is 14.9 Å². The van der Waals surface area contributed by atoms with Gasteiger partial charge in [-0.2, -0.15) is 5.26 Å². The summed E-state index contributed by atoms with van der Waals surface area (Å²) in [6.07, 6.45) is 2.20. The van der Waals surface area contributed by atoms with Gasteiger partial charge in [0.1, 0.15) is 6.07 Å². The minimum Gasteiger partial charge on any atom is -0.493 e. The van der Waals surface area contributed by atoms with Crippen LogP contribution in [0.15, 0.2) is 63.5 Å². The summed E-state index contributed by atoms with van der Waals surface area (Å²) in [5.74, 6) is 0.308. The van der Waals surface area contributed by atoms with E-state index in [1.807, 2.05) is 49.4 Å². The maximum absolute atomic E-state index is 13.8. The molecular weight excluding hydrogens is 593 g/mol. The summed E-state index contributed by atoms with van der Waals surface area (Å²) < 4.78 is 19.0. The third-order valence-corrected chi connectivity index (χ3v) is 7.21. The van der Waals surface area contributed by atoms with Crippen LogP contribution in [0.25, 0.3) is 6.08 Å². The van der Waals surface area contributed by atoms with Crippen molar-refractivity contribution in [2.45, 2.75) is 19.4 Å². The van der Waals surface area contributed by atoms with E-state index >= 15 is 0 Å². The Labute approximate surface area is 224 Å². The van der Waals surface area contributed by atoms with Crippen LogP contribution in [0.4, 0.5) is 0 Å². The fourth-order valence-corrected chi connectivity index (χ4v) is 5.69. The van der Waals surface area contributed by atoms with Crippen molar-refractivity contribution in [1.29, 1.82) is 5.26 Å². The Hall–Kier alpha value is -3.43. The van der Waals surface area contributed by atoms with Crippen molar-refractivity contribution in [2.75, 3.05) is 20.8 Å². The molecule has 0 saturated carbocycles. The lowest BCUT2D eigenvalue weighted by Gasteiger charge is -2.25. The number of thiazole rings is 1. The van der Waals surface area contributed by atoms with Gasteiger partial charge in [-0.25, -0.2) is 9.79 Å². The highest BCUT2D eigenvalue weighted by atomic mass is 127. The van der Waals surface area contributed by atoms with Crippen LogP contribution in [0.5, 0.6) is 11.5 Å². The molecule has 0 N–H and O–H groups in total. The maximum Gasteiger partial charge on any atom is 0.338 e. The number of rotatable bonds is 7. The zero-order chi connectivity index (χ0) is 25.8. The fourth-order valence-electron chi connectivity index (χ4n) is 4.06. The van der Waals surface area contributed by atoms with Crippen molar-refractivity contribution in [3.63, 3.8) is 0 Å². The number of nitriles is 1. The minimum absolute atomic E-state index is 0.171. The second-order valence-corrected chi connectivity index (χ2v) is 9.93. The molecule has 2 heterocycles. The Balaban J connectivity index is 2.00. The van der Waals surface area contributed by atoms with Crippen LogP contribution in [0.3, 0.4) is 0 Å². The van der Waals surface area contributed by atoms with Gasteiger partial charge in [0.25, 0.3) is 5.56 Å². The molecule has 0 saturated heterocycles. The van der Waals surface area contributed by atoms with Crippen LogP contribution >= 0.6 is 33.9 Å². The Morgan fingerprint density at radius 1 is 1.28 bits per heavy atom. The standard InChI is InChI=1S/C26H22IN3O5S/c1-4-18-21(25(32)34-3)22(15-8-6-5-7-9-15)30-24(31)20(36-26(30)29-18)13-16-12-17(27)14-19(33-2)23(16)35-11-10-28/h5-9,12-14,22H,4,11H2,1-3H3/b20-13+/t22-/m1/s1. The van der Waals surface area contributed by atoms with Crippen LogP contribution in [0.2, 0.25) is 0 Å². The van der Waals surface area contributed by atoms with Gasteiger partial charge in [-0.3, -0.25) is 9.36 Å². The van der Waals surface area contributed by atoms with E-state index in [0.717, 1.165) is 9.13 Å². The summed E-state index contributed by atoms with van der Waals surface area (Å²) in [7, 11) is 2.84. The number of benzene rings is 2. The van der Waals surface area contributed by atoms with Gasteiger partial charge in [0.05, 0.1) is 36.1 Å². The first-order valence-corrected chi connectivity index (χ1v) is 12.9. The quantitative estimate of drug-likeness (QED) is 0.299. The largest absolute Gasteiger partial charge is 0.493 e. The van der Waals surface area contributed by atoms with E-state index in [1.54, 1.807) is 12.1 Å². The number of aromatic nitrogens is 1. The highest BCUT2D eigenvalue weighted by molar-refractivity contribution is 14.1. The number of carbonyl (C=O) groups is 1. The molecule has 0 fully saturated rings. The predicted octanol–water partition coefficient (Wildman–Crippen LogP) is 3.31. The van der Waals surface area contributed by atoms with Gasteiger partial charge in [0, 0.05) is 9.13 Å². The summed E-state index contributed by atoms with van der Waals surface area (Å²) >= 11 is 3.38. The zero-order valence-electron chi connectivity index (χ0n) is 19.8. The lowest BCUT2D eigenvalue weighted by Crippen LogP contribution is -2.40. The lowest BCUT2D eigenvalue weighted by atomic mass is 9.95. The van der Waals surface area contributed by atoms with E-state index in [4.69, 9.17) is 19.5 Å². The van der Waals surface area contributed by atoms with E-state index in [-0.39, 0.29) is 12.2 Å². The number of carbonyl (C=O) groups excluding carboxylic acids is 1. The van der Waals surface area contributed by atoms with Gasteiger partial charge in [0.2, 0.25) is 0 Å². The second-order valence-electron chi connectivity index (χ2n) is 7.67. The van der Waals surface area contributed by atoms with Crippen molar-refractivity contribution in [2.24, 2.45) is 4.99 Å². The molecular formula is C26H22IN3O5S. The van der Waals surface area contributed by atoms with Gasteiger partial charge < -0.3 is 14.2 Å². The normalized spacial score (nSPS) is 15.1. The lowest BCUT2D eigenvalue weighted by molar-refractivity contribution is -0.136. The number of fused-ring (bicyclic) bond motifs is 1. The number of methoxy groups -OCH3 is 2. The molecule has 0 amide bonds. The van der Waals surface area contributed by atoms with Gasteiger partial charge in [0.15, 0.2) is 22.9 Å². The van der Waals surface area contributed by atoms with Crippen LogP contribution in [-0.4, -0.2) is 31.4 Å². The minimum atomic E-state index is -0.674. The van der Waals surface area contributed by atoms with E-state index in [9.17, 15) is 9.59 Å². The molecule has 3 aromatic rings. The van der Waals surface area contributed by atoms with Crippen molar-refractivity contribution in [3.8, 4) is 17.6 Å². The number of esters is 1. The summed E-state index contributed by atoms with van der Waals surface area (Å²) in [5, 5.41) is 9.02. The van der Waals surface area contributed by atoms with Gasteiger partial charge in [-0.1, -0.05) is 48.6 Å². The number of hydrogen-bond acceptors (Lipinski definition) is 8. The Kier molecular flexibility index (Phi) is 7.91. The Bertz CT molecular complexity index is 1570. The number of halogens is 1. The molecule has 184 valence electrons. The molecule has 4 rings (SSSR count). The Morgan fingerprint density at radius 3 is 2.67 bits per heavy atom. The van der Waals surface area contributed by atoms with Crippen LogP contribution < -0.4 is 24.4 Å². The predicted molar refractivity (Wildman–Crippen MR) is 144 cm³/mol. The number of ether oxygens (including phenoxy) is 3. The average Bonchev–Trinajstić information content (AvgIpc) is 3.21. The average molecular weight is 615 g/mol. The molecule has 10 heteroatoms. The van der Waals surface area contributed by atoms with E-state index in [1.165, 1.54) is 30.1 Å². The van der Waals surface area contributed by atoms with E-state index < -0.39 is 12.0 Å². The third-order valence-electron chi connectivity index (χ3n) is 5.60. The Morgan fingerprint density at radius 2 is 2.03 bits per heavy atom. The molecule has 1 aromatic heterocycles. The first-order chi connectivity index (χ1) is 17.4. The smallest absolute Gasteiger partial charge is 0.338 e. The van der Waals surface area contributed by atoms with Crippen molar-refractivity contribution in [3.05, 3.63) is 88.1 Å². The first-order valence-electron chi connectivity index (χ1n) is 11.0. The summed E-state index contributed by atoms with van der Waals surface area (Å²) in [4.78, 5) is 31.8. The molecule has 2 aromatic carbocycles. The summed E-state index contributed by atoms with van der Waals surface area (Å²) in [6.45, 7) is 1.74. The zero-order valence-corrected chi connectivity index (χ0v) is 22.8. The molecule has 0 spiro atoms. The van der Waals surface area contributed by atoms with Gasteiger partial charge in [-0.15, -0.1) is 0 Å². The molecule has 1 aliphatic heterocycles. The fraction of sp³-hybridized carbons (Fsp3) is 0.231. The SMILES string of the molecule is CCC1=C(C(=O)OC)[C@@H](c2ccccc2)n2c(s/c(=C/c3cc(I)cc(OC)c3OCC#N)c2=O)=N1. The van der Waals surface area contributed by atoms with Gasteiger partial charge in [-0.05, 0) is 52.8 Å². The monoisotopic (exact) mass is 615 g/mol. The highest BCUT2D eigenvalue weighted by Crippen LogP contribution is 2.34. The topological polar surface area (TPSA) is 103 Å². The number of allylic oxidation sites excluding steroid dienone is 1. The molecule has 0 unspecified atom stereocenters. The van der Waals surface area contributed by atoms with Crippen LogP contribution in [0.1, 0.15) is 30.5 Å². The van der Waals surface area contributed by atoms with E-state index in [0.29, 0.717) is 44.1 Å². The van der Waals surface area contributed by atoms with Crippen molar-refractivity contribution in [1.82, 2.24) is 4.57 Å². The van der Waals surface area contributed by atoms with Crippen molar-refractivity contribution < 1.29 is 19.0 Å². The van der Waals surface area contributed by atoms with Crippen molar-refractivity contribution >= 4 is 46.0 Å². The summed E-state index contributed by atoms with van der Waals surface area (Å²) in [6, 6.07) is 14.3. The molecule has 36 heavy (non-hydrogen) atoms. The molecule has 8 nitrogen and oxygen atoms in total. The summed E-state index contributed by atoms with van der Waals surface area (Å²) in [5.41, 5.74) is 2.00. The number of hydrogen-bond donors (Lipinski definition) is 0. The first kappa shape index (κ1) is 25.7. The van der Waals surface area contributed by atoms with Crippen LogP contribution in [-0.2, 0) is 9.53 Å². The number of nitrogens with zero attached hydrogens (tertiary/aromatic N) is 3. The molecule has 1 atom stereocenters.